The standard InChI is InChI=1S/C14H19N3O3/c1-9-7-17(8-11(9)14(19)20)13(18)12-6-10(16(2)3)4-5-15-12/h4-6,9,11H,7-8H2,1-3H3,(H,19,20)/t9-,11-/m1/s1. The molecule has 1 aliphatic rings. The van der Waals surface area contributed by atoms with Gasteiger partial charge in [-0.25, -0.2) is 0 Å². The molecule has 1 fully saturated rings. The second-order valence-corrected chi connectivity index (χ2v) is 5.43. The average Bonchev–Trinajstić information content (AvgIpc) is 2.80. The van der Waals surface area contributed by atoms with Gasteiger partial charge in [-0.05, 0) is 18.1 Å². The van der Waals surface area contributed by atoms with Crippen LogP contribution in [0.2, 0.25) is 0 Å². The first-order valence-corrected chi connectivity index (χ1v) is 6.55. The van der Waals surface area contributed by atoms with Crippen molar-refractivity contribution in [3.63, 3.8) is 0 Å². The van der Waals surface area contributed by atoms with Crippen LogP contribution < -0.4 is 4.90 Å². The number of carboxylic acid groups (broad SMARTS) is 1. The fourth-order valence-electron chi connectivity index (χ4n) is 2.43. The van der Waals surface area contributed by atoms with E-state index in [0.717, 1.165) is 5.69 Å². The molecule has 0 bridgehead atoms. The molecule has 1 N–H and O–H groups in total. The predicted molar refractivity (Wildman–Crippen MR) is 74.8 cm³/mol. The number of likely N-dealkylation sites (tertiary alicyclic amines) is 1. The van der Waals surface area contributed by atoms with E-state index in [4.69, 9.17) is 5.11 Å². The zero-order valence-corrected chi connectivity index (χ0v) is 11.9. The summed E-state index contributed by atoms with van der Waals surface area (Å²) in [5.74, 6) is -1.57. The first kappa shape index (κ1) is 14.3. The Morgan fingerprint density at radius 1 is 1.40 bits per heavy atom. The Morgan fingerprint density at radius 2 is 2.10 bits per heavy atom. The lowest BCUT2D eigenvalue weighted by Gasteiger charge is -2.17. The number of hydrogen-bond donors (Lipinski definition) is 1. The fraction of sp³-hybridized carbons (Fsp3) is 0.500. The monoisotopic (exact) mass is 277 g/mol. The van der Waals surface area contributed by atoms with Gasteiger partial charge in [0.25, 0.3) is 5.91 Å². The van der Waals surface area contributed by atoms with Crippen LogP contribution in [0.1, 0.15) is 17.4 Å². The van der Waals surface area contributed by atoms with Gasteiger partial charge in [-0.1, -0.05) is 6.92 Å². The van der Waals surface area contributed by atoms with Gasteiger partial charge in [0.15, 0.2) is 0 Å². The lowest BCUT2D eigenvalue weighted by Crippen LogP contribution is -2.30. The minimum atomic E-state index is -0.845. The number of rotatable bonds is 3. The molecule has 6 nitrogen and oxygen atoms in total. The van der Waals surface area contributed by atoms with E-state index in [1.807, 2.05) is 32.0 Å². The zero-order valence-electron chi connectivity index (χ0n) is 11.9. The number of hydrogen-bond acceptors (Lipinski definition) is 4. The second-order valence-electron chi connectivity index (χ2n) is 5.43. The topological polar surface area (TPSA) is 73.7 Å². The van der Waals surface area contributed by atoms with Crippen LogP contribution in [0.5, 0.6) is 0 Å². The molecule has 1 saturated heterocycles. The summed E-state index contributed by atoms with van der Waals surface area (Å²) in [5.41, 5.74) is 1.25. The van der Waals surface area contributed by atoms with Crippen LogP contribution in [-0.4, -0.2) is 54.1 Å². The van der Waals surface area contributed by atoms with E-state index in [1.54, 1.807) is 17.2 Å². The Morgan fingerprint density at radius 3 is 2.65 bits per heavy atom. The van der Waals surface area contributed by atoms with Crippen LogP contribution in [0, 0.1) is 11.8 Å². The number of aromatic nitrogens is 1. The molecule has 20 heavy (non-hydrogen) atoms. The largest absolute Gasteiger partial charge is 0.481 e. The maximum atomic E-state index is 12.4. The molecule has 0 unspecified atom stereocenters. The molecule has 0 spiro atoms. The molecule has 0 aromatic carbocycles. The highest BCUT2D eigenvalue weighted by Crippen LogP contribution is 2.25. The van der Waals surface area contributed by atoms with Crippen LogP contribution in [0.15, 0.2) is 18.3 Å². The molecule has 1 aromatic heterocycles. The van der Waals surface area contributed by atoms with Gasteiger partial charge in [-0.2, -0.15) is 0 Å². The molecular weight excluding hydrogens is 258 g/mol. The highest BCUT2D eigenvalue weighted by atomic mass is 16.4. The van der Waals surface area contributed by atoms with E-state index >= 15 is 0 Å². The van der Waals surface area contributed by atoms with Crippen molar-refractivity contribution in [3.05, 3.63) is 24.0 Å². The van der Waals surface area contributed by atoms with Gasteiger partial charge < -0.3 is 14.9 Å². The second kappa shape index (κ2) is 5.48. The Bertz CT molecular complexity index is 530. The maximum absolute atomic E-state index is 12.4. The summed E-state index contributed by atoms with van der Waals surface area (Å²) in [6.07, 6.45) is 1.59. The van der Waals surface area contributed by atoms with E-state index < -0.39 is 11.9 Å². The van der Waals surface area contributed by atoms with Crippen molar-refractivity contribution in [2.75, 3.05) is 32.1 Å². The molecule has 2 atom stereocenters. The Kier molecular flexibility index (Phi) is 3.92. The average molecular weight is 277 g/mol. The number of nitrogens with zero attached hydrogens (tertiary/aromatic N) is 3. The molecule has 1 aliphatic heterocycles. The molecule has 1 aromatic rings. The van der Waals surface area contributed by atoms with Gasteiger partial charge in [0.05, 0.1) is 5.92 Å². The number of aliphatic carboxylic acids is 1. The van der Waals surface area contributed by atoms with Gasteiger partial charge in [0.2, 0.25) is 0 Å². The molecule has 2 heterocycles. The molecule has 0 aliphatic carbocycles. The number of carboxylic acids is 1. The molecular formula is C14H19N3O3. The van der Waals surface area contributed by atoms with E-state index in [-0.39, 0.29) is 18.4 Å². The Labute approximate surface area is 118 Å². The molecule has 6 heteroatoms. The maximum Gasteiger partial charge on any atom is 0.308 e. The van der Waals surface area contributed by atoms with Crippen LogP contribution in [-0.2, 0) is 4.79 Å². The summed E-state index contributed by atoms with van der Waals surface area (Å²) in [7, 11) is 3.78. The first-order chi connectivity index (χ1) is 9.40. The third kappa shape index (κ3) is 2.74. The van der Waals surface area contributed by atoms with Gasteiger partial charge in [0, 0.05) is 39.1 Å². The Balaban J connectivity index is 2.16. The third-order valence-corrected chi connectivity index (χ3v) is 3.70. The molecule has 2 rings (SSSR count). The van der Waals surface area contributed by atoms with Gasteiger partial charge >= 0.3 is 5.97 Å². The number of pyridine rings is 1. The summed E-state index contributed by atoms with van der Waals surface area (Å²) in [5, 5.41) is 9.11. The van der Waals surface area contributed by atoms with Crippen molar-refractivity contribution in [3.8, 4) is 0 Å². The van der Waals surface area contributed by atoms with Crippen molar-refractivity contribution in [2.45, 2.75) is 6.92 Å². The minimum Gasteiger partial charge on any atom is -0.481 e. The lowest BCUT2D eigenvalue weighted by atomic mass is 9.99. The van der Waals surface area contributed by atoms with Crippen molar-refractivity contribution >= 4 is 17.6 Å². The third-order valence-electron chi connectivity index (χ3n) is 3.70. The number of carbonyl (C=O) groups is 2. The normalized spacial score (nSPS) is 21.9. The summed E-state index contributed by atoms with van der Waals surface area (Å²) in [4.78, 5) is 31.1. The molecule has 1 amide bonds. The summed E-state index contributed by atoms with van der Waals surface area (Å²) >= 11 is 0. The predicted octanol–water partition coefficient (Wildman–Crippen LogP) is 0.940. The SMILES string of the molecule is C[C@@H]1CN(C(=O)c2cc(N(C)C)ccn2)C[C@H]1C(=O)O. The van der Waals surface area contributed by atoms with Crippen molar-refractivity contribution in [1.29, 1.82) is 0 Å². The smallest absolute Gasteiger partial charge is 0.308 e. The lowest BCUT2D eigenvalue weighted by molar-refractivity contribution is -0.142. The molecule has 0 saturated carbocycles. The summed E-state index contributed by atoms with van der Waals surface area (Å²) in [6, 6.07) is 3.55. The van der Waals surface area contributed by atoms with Crippen LogP contribution >= 0.6 is 0 Å². The fourth-order valence-corrected chi connectivity index (χ4v) is 2.43. The quantitative estimate of drug-likeness (QED) is 0.890. The van der Waals surface area contributed by atoms with E-state index in [2.05, 4.69) is 4.98 Å². The highest BCUT2D eigenvalue weighted by Gasteiger charge is 2.37. The number of amides is 1. The van der Waals surface area contributed by atoms with Crippen molar-refractivity contribution in [1.82, 2.24) is 9.88 Å². The van der Waals surface area contributed by atoms with Crippen LogP contribution in [0.25, 0.3) is 0 Å². The van der Waals surface area contributed by atoms with E-state index in [9.17, 15) is 9.59 Å². The van der Waals surface area contributed by atoms with E-state index in [0.29, 0.717) is 12.2 Å². The molecule has 108 valence electrons. The zero-order chi connectivity index (χ0) is 14.9. The molecule has 0 radical (unpaired) electrons. The van der Waals surface area contributed by atoms with Crippen LogP contribution in [0.4, 0.5) is 5.69 Å². The van der Waals surface area contributed by atoms with Gasteiger partial charge in [-0.15, -0.1) is 0 Å². The van der Waals surface area contributed by atoms with Gasteiger partial charge in [-0.3, -0.25) is 14.6 Å². The number of carbonyl (C=O) groups excluding carboxylic acids is 1. The first-order valence-electron chi connectivity index (χ1n) is 6.55. The summed E-state index contributed by atoms with van der Waals surface area (Å²) in [6.45, 7) is 2.57. The van der Waals surface area contributed by atoms with Crippen molar-refractivity contribution in [2.24, 2.45) is 11.8 Å². The summed E-state index contributed by atoms with van der Waals surface area (Å²) < 4.78 is 0. The minimum absolute atomic E-state index is 0.0338. The van der Waals surface area contributed by atoms with Gasteiger partial charge in [0.1, 0.15) is 5.69 Å². The highest BCUT2D eigenvalue weighted by molar-refractivity contribution is 5.93. The number of anilines is 1. The van der Waals surface area contributed by atoms with Crippen molar-refractivity contribution < 1.29 is 14.7 Å². The van der Waals surface area contributed by atoms with E-state index in [1.165, 1.54) is 0 Å². The van der Waals surface area contributed by atoms with Crippen LogP contribution in [0.3, 0.4) is 0 Å². The Hall–Kier alpha value is -2.11.